The van der Waals surface area contributed by atoms with Crippen LogP contribution < -0.4 is 25.1 Å². The number of H-pyrrole nitrogens is 1. The molecule has 3 heterocycles. The van der Waals surface area contributed by atoms with E-state index in [1.807, 2.05) is 0 Å². The number of alkyl halides is 2. The molecule has 32 heavy (non-hydrogen) atoms. The summed E-state index contributed by atoms with van der Waals surface area (Å²) in [6, 6.07) is 2.44. The molecule has 1 saturated heterocycles. The van der Waals surface area contributed by atoms with Crippen LogP contribution >= 0.6 is 23.2 Å². The van der Waals surface area contributed by atoms with Gasteiger partial charge in [0.2, 0.25) is 5.75 Å². The van der Waals surface area contributed by atoms with E-state index in [1.165, 1.54) is 18.3 Å². The van der Waals surface area contributed by atoms with E-state index < -0.39 is 23.5 Å². The zero-order chi connectivity index (χ0) is 22.9. The lowest BCUT2D eigenvalue weighted by atomic mass is 9.82. The third-order valence-electron chi connectivity index (χ3n) is 5.36. The second kappa shape index (κ2) is 9.13. The molecular weight excluding hydrogens is 473 g/mol. The molecule has 1 spiro atoms. The molecule has 0 saturated carbocycles. The van der Waals surface area contributed by atoms with Crippen molar-refractivity contribution in [3.05, 3.63) is 44.3 Å². The third kappa shape index (κ3) is 4.48. The van der Waals surface area contributed by atoms with Crippen molar-refractivity contribution in [3.8, 4) is 17.2 Å². The van der Waals surface area contributed by atoms with Crippen molar-refractivity contribution in [2.45, 2.75) is 19.5 Å². The quantitative estimate of drug-likeness (QED) is 0.669. The van der Waals surface area contributed by atoms with Crippen molar-refractivity contribution < 1.29 is 32.5 Å². The predicted octanol–water partition coefficient (Wildman–Crippen LogP) is 4.10. The number of halogens is 4. The first-order valence-electron chi connectivity index (χ1n) is 9.63. The van der Waals surface area contributed by atoms with Crippen LogP contribution in [-0.2, 0) is 4.74 Å². The van der Waals surface area contributed by atoms with Gasteiger partial charge < -0.3 is 29.2 Å². The Morgan fingerprint density at radius 3 is 2.53 bits per heavy atom. The summed E-state index contributed by atoms with van der Waals surface area (Å²) in [6.45, 7) is -1.71. The summed E-state index contributed by atoms with van der Waals surface area (Å²) in [4.78, 5) is 27.1. The molecule has 0 unspecified atom stereocenters. The van der Waals surface area contributed by atoms with Crippen LogP contribution in [0.2, 0.25) is 10.0 Å². The lowest BCUT2D eigenvalue weighted by Crippen LogP contribution is -2.39. The second-order valence-corrected chi connectivity index (χ2v) is 8.23. The SMILES string of the molecule is O=C(Nc1c(Cl)c[nH]c(=O)c1Cl)c1ccc(OC(F)F)c2c1OCC1(CCOCC1)CO2. The van der Waals surface area contributed by atoms with E-state index >= 15 is 0 Å². The highest BCUT2D eigenvalue weighted by molar-refractivity contribution is 6.39. The van der Waals surface area contributed by atoms with Gasteiger partial charge in [-0.15, -0.1) is 0 Å². The van der Waals surface area contributed by atoms with Crippen molar-refractivity contribution >= 4 is 34.8 Å². The summed E-state index contributed by atoms with van der Waals surface area (Å²) in [5.74, 6) is -1.15. The molecule has 1 aromatic heterocycles. The first kappa shape index (κ1) is 22.6. The zero-order valence-corrected chi connectivity index (χ0v) is 18.0. The highest BCUT2D eigenvalue weighted by atomic mass is 35.5. The molecule has 0 radical (unpaired) electrons. The number of anilines is 1. The van der Waals surface area contributed by atoms with E-state index in [9.17, 15) is 18.4 Å². The number of aromatic nitrogens is 1. The average molecular weight is 491 g/mol. The van der Waals surface area contributed by atoms with Gasteiger partial charge in [-0.2, -0.15) is 8.78 Å². The number of nitrogens with one attached hydrogen (secondary N) is 2. The van der Waals surface area contributed by atoms with E-state index in [4.69, 9.17) is 37.4 Å². The fraction of sp³-hybridized carbons (Fsp3) is 0.400. The number of fused-ring (bicyclic) bond motifs is 1. The second-order valence-electron chi connectivity index (χ2n) is 7.45. The number of rotatable bonds is 4. The first-order chi connectivity index (χ1) is 15.3. The molecule has 1 amide bonds. The van der Waals surface area contributed by atoms with Crippen molar-refractivity contribution in [2.75, 3.05) is 31.7 Å². The number of hydrogen-bond donors (Lipinski definition) is 2. The Hall–Kier alpha value is -2.56. The maximum Gasteiger partial charge on any atom is 0.387 e. The molecular formula is C20H18Cl2F2N2O6. The molecule has 0 aliphatic carbocycles. The van der Waals surface area contributed by atoms with E-state index in [2.05, 4.69) is 15.0 Å². The first-order valence-corrected chi connectivity index (χ1v) is 10.4. The zero-order valence-electron chi connectivity index (χ0n) is 16.5. The fourth-order valence-electron chi connectivity index (χ4n) is 3.56. The topological polar surface area (TPSA) is 98.9 Å². The lowest BCUT2D eigenvalue weighted by molar-refractivity contribution is -0.0526. The van der Waals surface area contributed by atoms with Crippen molar-refractivity contribution in [3.63, 3.8) is 0 Å². The minimum absolute atomic E-state index is 0.00465. The summed E-state index contributed by atoms with van der Waals surface area (Å²) in [6.07, 6.45) is 2.47. The van der Waals surface area contributed by atoms with Crippen molar-refractivity contribution in [1.82, 2.24) is 4.98 Å². The van der Waals surface area contributed by atoms with Crippen LogP contribution in [0, 0.1) is 5.41 Å². The van der Waals surface area contributed by atoms with Crippen LogP contribution in [0.25, 0.3) is 0 Å². The summed E-state index contributed by atoms with van der Waals surface area (Å²) >= 11 is 12.0. The summed E-state index contributed by atoms with van der Waals surface area (Å²) < 4.78 is 47.6. The maximum absolute atomic E-state index is 13.0. The molecule has 2 N–H and O–H groups in total. The number of ether oxygens (including phenoxy) is 4. The average Bonchev–Trinajstić information content (AvgIpc) is 2.95. The molecule has 2 aromatic rings. The molecule has 0 atom stereocenters. The number of amides is 1. The molecule has 1 aromatic carbocycles. The van der Waals surface area contributed by atoms with Crippen molar-refractivity contribution in [2.24, 2.45) is 5.41 Å². The number of carbonyl (C=O) groups excluding carboxylic acids is 1. The minimum Gasteiger partial charge on any atom is -0.488 e. The monoisotopic (exact) mass is 490 g/mol. The normalized spacial score (nSPS) is 17.2. The van der Waals surface area contributed by atoms with Crippen LogP contribution in [0.4, 0.5) is 14.5 Å². The Morgan fingerprint density at radius 1 is 1.16 bits per heavy atom. The Balaban J connectivity index is 1.70. The van der Waals surface area contributed by atoms with Gasteiger partial charge in [0.1, 0.15) is 5.02 Å². The summed E-state index contributed by atoms with van der Waals surface area (Å²) in [7, 11) is 0. The highest BCUT2D eigenvalue weighted by Gasteiger charge is 2.39. The molecule has 12 heteroatoms. The number of carbonyl (C=O) groups is 1. The molecule has 0 bridgehead atoms. The largest absolute Gasteiger partial charge is 0.488 e. The standard InChI is InChI=1S/C20H18Cl2F2N2O6/c21-11-7-25-18(28)13(22)14(11)26-17(27)10-1-2-12(32-19(23)24)16-15(10)30-8-20(9-31-16)3-5-29-6-4-20/h1-2,7,19H,3-6,8-9H2,(H2,25,26,27,28). The minimum atomic E-state index is -3.10. The van der Waals surface area contributed by atoms with Crippen LogP contribution in [0.5, 0.6) is 17.2 Å². The number of benzene rings is 1. The van der Waals surface area contributed by atoms with Gasteiger partial charge in [0, 0.05) is 24.8 Å². The molecule has 8 nitrogen and oxygen atoms in total. The van der Waals surface area contributed by atoms with E-state index in [-0.39, 0.29) is 51.8 Å². The maximum atomic E-state index is 13.0. The Morgan fingerprint density at radius 2 is 1.84 bits per heavy atom. The van der Waals surface area contributed by atoms with Gasteiger partial charge in [0.05, 0.1) is 29.5 Å². The van der Waals surface area contributed by atoms with Crippen molar-refractivity contribution in [1.29, 1.82) is 0 Å². The predicted molar refractivity (Wildman–Crippen MR) is 112 cm³/mol. The summed E-state index contributed by atoms with van der Waals surface area (Å²) in [5.41, 5.74) is -1.17. The van der Waals surface area contributed by atoms with Gasteiger partial charge in [-0.3, -0.25) is 9.59 Å². The Kier molecular flexibility index (Phi) is 6.45. The van der Waals surface area contributed by atoms with Crippen LogP contribution in [-0.4, -0.2) is 43.9 Å². The Bertz CT molecular complexity index is 1090. The van der Waals surface area contributed by atoms with Gasteiger partial charge in [-0.1, -0.05) is 23.2 Å². The van der Waals surface area contributed by atoms with Gasteiger partial charge in [0.15, 0.2) is 11.5 Å². The molecule has 172 valence electrons. The van der Waals surface area contributed by atoms with Gasteiger partial charge >= 0.3 is 6.61 Å². The number of hydrogen-bond acceptors (Lipinski definition) is 6. The molecule has 4 rings (SSSR count). The molecule has 2 aliphatic heterocycles. The molecule has 1 fully saturated rings. The van der Waals surface area contributed by atoms with Crippen LogP contribution in [0.15, 0.2) is 23.1 Å². The number of aromatic amines is 1. The smallest absolute Gasteiger partial charge is 0.387 e. The van der Waals surface area contributed by atoms with Gasteiger partial charge in [0.25, 0.3) is 11.5 Å². The third-order valence-corrected chi connectivity index (χ3v) is 6.02. The number of pyridine rings is 1. The van der Waals surface area contributed by atoms with E-state index in [0.717, 1.165) is 0 Å². The summed E-state index contributed by atoms with van der Waals surface area (Å²) in [5, 5.41) is 2.16. The lowest BCUT2D eigenvalue weighted by Gasteiger charge is -2.34. The fourth-order valence-corrected chi connectivity index (χ4v) is 4.00. The molecule has 2 aliphatic rings. The van der Waals surface area contributed by atoms with Gasteiger partial charge in [-0.05, 0) is 25.0 Å². The van der Waals surface area contributed by atoms with Crippen LogP contribution in [0.3, 0.4) is 0 Å². The van der Waals surface area contributed by atoms with E-state index in [1.54, 1.807) is 0 Å². The highest BCUT2D eigenvalue weighted by Crippen LogP contribution is 2.46. The van der Waals surface area contributed by atoms with Crippen LogP contribution in [0.1, 0.15) is 23.2 Å². The Labute approximate surface area is 190 Å². The van der Waals surface area contributed by atoms with Gasteiger partial charge in [-0.25, -0.2) is 0 Å². The van der Waals surface area contributed by atoms with E-state index in [0.29, 0.717) is 26.1 Å².